The van der Waals surface area contributed by atoms with Crippen molar-refractivity contribution in [2.24, 2.45) is 0 Å². The van der Waals surface area contributed by atoms with Crippen LogP contribution in [-0.4, -0.2) is 9.55 Å². The summed E-state index contributed by atoms with van der Waals surface area (Å²) in [6, 6.07) is 25.4. The Bertz CT molecular complexity index is 1060. The number of imidazole rings is 1. The highest BCUT2D eigenvalue weighted by atomic mass is 15.2. The van der Waals surface area contributed by atoms with Crippen LogP contribution in [0, 0.1) is 6.92 Å². The van der Waals surface area contributed by atoms with E-state index in [2.05, 4.69) is 83.5 Å². The number of fused-ring (bicyclic) bond motifs is 5. The van der Waals surface area contributed by atoms with Crippen LogP contribution in [0.3, 0.4) is 0 Å². The maximum absolute atomic E-state index is 4.92. The molecule has 2 heterocycles. The van der Waals surface area contributed by atoms with E-state index in [9.17, 15) is 0 Å². The molecule has 3 aromatic carbocycles. The normalized spacial score (nSPS) is 15.6. The van der Waals surface area contributed by atoms with Gasteiger partial charge in [0.15, 0.2) is 0 Å². The Morgan fingerprint density at radius 1 is 0.917 bits per heavy atom. The van der Waals surface area contributed by atoms with Gasteiger partial charge in [0.05, 0.1) is 11.0 Å². The quantitative estimate of drug-likeness (QED) is 0.537. The van der Waals surface area contributed by atoms with Crippen molar-refractivity contribution in [3.8, 4) is 11.4 Å². The van der Waals surface area contributed by atoms with E-state index in [1.165, 1.54) is 11.1 Å². The Morgan fingerprint density at radius 2 is 1.75 bits per heavy atom. The number of nitrogens with one attached hydrogen (secondary N) is 1. The average Bonchev–Trinajstić information content (AvgIpc) is 3.01. The van der Waals surface area contributed by atoms with Crippen LogP contribution in [0.2, 0.25) is 0 Å². The number of hydrogen-bond donors (Lipinski definition) is 1. The zero-order valence-electron chi connectivity index (χ0n) is 13.4. The highest BCUT2D eigenvalue weighted by Gasteiger charge is 2.27. The zero-order chi connectivity index (χ0) is 16.1. The molecule has 116 valence electrons. The van der Waals surface area contributed by atoms with Crippen LogP contribution in [-0.2, 0) is 0 Å². The first-order valence-corrected chi connectivity index (χ1v) is 8.21. The Balaban J connectivity index is 1.83. The summed E-state index contributed by atoms with van der Waals surface area (Å²) in [6.07, 6.45) is 0.0437. The van der Waals surface area contributed by atoms with Crippen molar-refractivity contribution in [1.29, 1.82) is 0 Å². The van der Waals surface area contributed by atoms with Gasteiger partial charge in [-0.05, 0) is 36.8 Å². The van der Waals surface area contributed by atoms with Crippen LogP contribution in [0.4, 0.5) is 5.69 Å². The minimum Gasteiger partial charge on any atom is -0.361 e. The van der Waals surface area contributed by atoms with Gasteiger partial charge in [-0.2, -0.15) is 0 Å². The maximum atomic E-state index is 4.92. The van der Waals surface area contributed by atoms with E-state index in [0.717, 1.165) is 28.1 Å². The summed E-state index contributed by atoms with van der Waals surface area (Å²) in [7, 11) is 0. The van der Waals surface area contributed by atoms with Crippen molar-refractivity contribution >= 4 is 16.7 Å². The third-order valence-electron chi connectivity index (χ3n) is 4.67. The summed E-state index contributed by atoms with van der Waals surface area (Å²) in [5, 5.41) is 3.70. The van der Waals surface area contributed by atoms with E-state index in [-0.39, 0.29) is 6.17 Å². The minimum atomic E-state index is 0.0437. The Hall–Kier alpha value is -3.07. The van der Waals surface area contributed by atoms with Crippen LogP contribution in [0.25, 0.3) is 22.4 Å². The highest BCUT2D eigenvalue weighted by Crippen LogP contribution is 2.40. The van der Waals surface area contributed by atoms with E-state index in [0.29, 0.717) is 0 Å². The van der Waals surface area contributed by atoms with Crippen molar-refractivity contribution in [2.75, 3.05) is 5.32 Å². The molecule has 3 heteroatoms. The molecule has 0 bridgehead atoms. The van der Waals surface area contributed by atoms with Crippen LogP contribution in [0.5, 0.6) is 0 Å². The summed E-state index contributed by atoms with van der Waals surface area (Å²) in [5.41, 5.74) is 6.97. The third kappa shape index (κ3) is 1.88. The molecule has 0 amide bonds. The maximum Gasteiger partial charge on any atom is 0.145 e. The molecule has 0 aliphatic carbocycles. The molecule has 3 nitrogen and oxygen atoms in total. The molecular formula is C21H17N3. The van der Waals surface area contributed by atoms with Crippen molar-refractivity contribution in [2.45, 2.75) is 13.1 Å². The number of para-hydroxylation sites is 3. The largest absolute Gasteiger partial charge is 0.361 e. The lowest BCUT2D eigenvalue weighted by molar-refractivity contribution is 0.668. The third-order valence-corrected chi connectivity index (χ3v) is 4.67. The fraction of sp³-hybridized carbons (Fsp3) is 0.0952. The molecule has 24 heavy (non-hydrogen) atoms. The standard InChI is InChI=1S/C21H17N3/c1-14-7-6-8-15(13-14)20-22-17-10-3-2-9-16(17)21-23-18-11-4-5-12-19(18)24(20)21/h2-13,20,22H,1H3/t20-/m1/s1. The van der Waals surface area contributed by atoms with Gasteiger partial charge in [0.2, 0.25) is 0 Å². The minimum absolute atomic E-state index is 0.0437. The molecule has 0 radical (unpaired) electrons. The molecule has 1 aliphatic rings. The molecule has 1 atom stereocenters. The first-order chi connectivity index (χ1) is 11.8. The van der Waals surface area contributed by atoms with E-state index in [1.54, 1.807) is 0 Å². The smallest absolute Gasteiger partial charge is 0.145 e. The van der Waals surface area contributed by atoms with Crippen molar-refractivity contribution < 1.29 is 0 Å². The van der Waals surface area contributed by atoms with Gasteiger partial charge >= 0.3 is 0 Å². The second kappa shape index (κ2) is 4.96. The van der Waals surface area contributed by atoms with E-state index in [4.69, 9.17) is 4.98 Å². The molecular weight excluding hydrogens is 294 g/mol. The predicted octanol–water partition coefficient (Wildman–Crippen LogP) is 4.98. The van der Waals surface area contributed by atoms with Crippen molar-refractivity contribution in [3.05, 3.63) is 83.9 Å². The second-order valence-electron chi connectivity index (χ2n) is 6.30. The Morgan fingerprint density at radius 3 is 2.67 bits per heavy atom. The van der Waals surface area contributed by atoms with E-state index < -0.39 is 0 Å². The van der Waals surface area contributed by atoms with Crippen molar-refractivity contribution in [3.63, 3.8) is 0 Å². The van der Waals surface area contributed by atoms with Crippen LogP contribution >= 0.6 is 0 Å². The Labute approximate surface area is 140 Å². The number of aryl methyl sites for hydroxylation is 1. The monoisotopic (exact) mass is 311 g/mol. The SMILES string of the molecule is Cc1cccc([C@@H]2Nc3ccccc3-c3nc4ccccc4n32)c1. The number of anilines is 1. The fourth-order valence-electron chi connectivity index (χ4n) is 3.58. The van der Waals surface area contributed by atoms with Gasteiger partial charge < -0.3 is 5.32 Å². The molecule has 4 aromatic rings. The Kier molecular flexibility index (Phi) is 2.77. The number of hydrogen-bond acceptors (Lipinski definition) is 2. The van der Waals surface area contributed by atoms with Gasteiger partial charge in [0.1, 0.15) is 12.0 Å². The molecule has 1 N–H and O–H groups in total. The van der Waals surface area contributed by atoms with E-state index >= 15 is 0 Å². The topological polar surface area (TPSA) is 29.9 Å². The lowest BCUT2D eigenvalue weighted by atomic mass is 10.0. The lowest BCUT2D eigenvalue weighted by Gasteiger charge is -2.30. The van der Waals surface area contributed by atoms with Crippen LogP contribution < -0.4 is 5.32 Å². The highest BCUT2D eigenvalue weighted by molar-refractivity contribution is 5.86. The number of nitrogens with zero attached hydrogens (tertiary/aromatic N) is 2. The van der Waals surface area contributed by atoms with Gasteiger partial charge in [0.25, 0.3) is 0 Å². The lowest BCUT2D eigenvalue weighted by Crippen LogP contribution is -2.24. The molecule has 1 aromatic heterocycles. The first kappa shape index (κ1) is 13.4. The predicted molar refractivity (Wildman–Crippen MR) is 98.1 cm³/mol. The summed E-state index contributed by atoms with van der Waals surface area (Å²) in [5.74, 6) is 1.03. The first-order valence-electron chi connectivity index (χ1n) is 8.21. The molecule has 5 rings (SSSR count). The number of benzene rings is 3. The second-order valence-corrected chi connectivity index (χ2v) is 6.30. The average molecular weight is 311 g/mol. The summed E-state index contributed by atoms with van der Waals surface area (Å²) in [4.78, 5) is 4.92. The fourth-order valence-corrected chi connectivity index (χ4v) is 3.58. The number of aromatic nitrogens is 2. The summed E-state index contributed by atoms with van der Waals surface area (Å²) in [6.45, 7) is 2.13. The zero-order valence-corrected chi connectivity index (χ0v) is 13.4. The van der Waals surface area contributed by atoms with Crippen LogP contribution in [0.1, 0.15) is 17.3 Å². The molecule has 0 spiro atoms. The molecule has 0 saturated heterocycles. The molecule has 0 fully saturated rings. The molecule has 0 unspecified atom stereocenters. The summed E-state index contributed by atoms with van der Waals surface area (Å²) < 4.78 is 2.31. The molecule has 0 saturated carbocycles. The molecule has 1 aliphatic heterocycles. The summed E-state index contributed by atoms with van der Waals surface area (Å²) >= 11 is 0. The van der Waals surface area contributed by atoms with Gasteiger partial charge in [-0.1, -0.05) is 54.1 Å². The van der Waals surface area contributed by atoms with Gasteiger partial charge in [-0.3, -0.25) is 4.57 Å². The van der Waals surface area contributed by atoms with Gasteiger partial charge in [-0.15, -0.1) is 0 Å². The van der Waals surface area contributed by atoms with Crippen molar-refractivity contribution in [1.82, 2.24) is 9.55 Å². The van der Waals surface area contributed by atoms with Gasteiger partial charge in [0, 0.05) is 11.3 Å². The van der Waals surface area contributed by atoms with E-state index in [1.807, 2.05) is 6.07 Å². The number of rotatable bonds is 1. The van der Waals surface area contributed by atoms with Gasteiger partial charge in [-0.25, -0.2) is 4.98 Å². The van der Waals surface area contributed by atoms with Crippen LogP contribution in [0.15, 0.2) is 72.8 Å².